The molecule has 0 atom stereocenters. The monoisotopic (exact) mass is 297 g/mol. The molecule has 1 aliphatic heterocycles. The fourth-order valence-electron chi connectivity index (χ4n) is 3.32. The quantitative estimate of drug-likeness (QED) is 0.910. The second kappa shape index (κ2) is 5.65. The fourth-order valence-corrected chi connectivity index (χ4v) is 3.32. The van der Waals surface area contributed by atoms with Crippen molar-refractivity contribution in [2.24, 2.45) is 0 Å². The summed E-state index contributed by atoms with van der Waals surface area (Å²) >= 11 is 0. The summed E-state index contributed by atoms with van der Waals surface area (Å²) in [6.45, 7) is 10.3. The topological polar surface area (TPSA) is 32.7 Å². The largest absolute Gasteiger partial charge is 0.507 e. The van der Waals surface area contributed by atoms with E-state index in [1.54, 1.807) is 0 Å². The van der Waals surface area contributed by atoms with Crippen LogP contribution in [0.3, 0.4) is 0 Å². The van der Waals surface area contributed by atoms with Gasteiger partial charge >= 0.3 is 0 Å². The molecule has 0 bridgehead atoms. The van der Waals surface area contributed by atoms with E-state index in [9.17, 15) is 5.11 Å². The average Bonchev–Trinajstić information content (AvgIpc) is 2.43. The molecule has 3 nitrogen and oxygen atoms in total. The maximum Gasteiger partial charge on any atom is 0.142 e. The van der Waals surface area contributed by atoms with E-state index in [1.165, 1.54) is 22.3 Å². The lowest BCUT2D eigenvalue weighted by atomic mass is 10.0. The summed E-state index contributed by atoms with van der Waals surface area (Å²) in [5.74, 6) is 1.42. The predicted molar refractivity (Wildman–Crippen MR) is 88.2 cm³/mol. The number of aryl methyl sites for hydroxylation is 4. The van der Waals surface area contributed by atoms with Gasteiger partial charge in [0, 0.05) is 24.2 Å². The Labute approximate surface area is 132 Å². The highest BCUT2D eigenvalue weighted by Gasteiger charge is 2.20. The molecule has 0 fully saturated rings. The molecule has 0 amide bonds. The van der Waals surface area contributed by atoms with E-state index >= 15 is 0 Å². The van der Waals surface area contributed by atoms with E-state index in [4.69, 9.17) is 4.74 Å². The Balaban J connectivity index is 1.84. The Morgan fingerprint density at radius 2 is 1.68 bits per heavy atom. The van der Waals surface area contributed by atoms with Crippen LogP contribution in [0.4, 0.5) is 0 Å². The summed E-state index contributed by atoms with van der Waals surface area (Å²) in [4.78, 5) is 2.22. The zero-order valence-corrected chi connectivity index (χ0v) is 13.7. The molecule has 0 unspecified atom stereocenters. The SMILES string of the molecule is Cc1cc(C)c(O)c(CN2COc3c(C)cc(C)cc3C2)c1. The first-order valence-corrected chi connectivity index (χ1v) is 7.68. The minimum atomic E-state index is 0.400. The Morgan fingerprint density at radius 1 is 1.00 bits per heavy atom. The first-order chi connectivity index (χ1) is 10.4. The number of hydrogen-bond acceptors (Lipinski definition) is 3. The predicted octanol–water partition coefficient (Wildman–Crippen LogP) is 3.98. The molecule has 2 aromatic carbocycles. The van der Waals surface area contributed by atoms with E-state index in [-0.39, 0.29) is 0 Å². The minimum Gasteiger partial charge on any atom is -0.507 e. The average molecular weight is 297 g/mol. The molecular weight excluding hydrogens is 274 g/mol. The Bertz CT molecular complexity index is 722. The molecule has 0 spiro atoms. The summed E-state index contributed by atoms with van der Waals surface area (Å²) in [5, 5.41) is 10.3. The van der Waals surface area contributed by atoms with Gasteiger partial charge in [-0.15, -0.1) is 0 Å². The maximum absolute atomic E-state index is 10.3. The number of aromatic hydroxyl groups is 1. The lowest BCUT2D eigenvalue weighted by molar-refractivity contribution is 0.0872. The number of phenols is 1. The summed E-state index contributed by atoms with van der Waals surface area (Å²) < 4.78 is 5.94. The second-order valence-electron chi connectivity index (χ2n) is 6.42. The molecule has 0 saturated heterocycles. The van der Waals surface area contributed by atoms with E-state index in [0.29, 0.717) is 19.0 Å². The molecule has 1 aliphatic rings. The van der Waals surface area contributed by atoms with Crippen molar-refractivity contribution in [3.63, 3.8) is 0 Å². The molecule has 0 saturated carbocycles. The van der Waals surface area contributed by atoms with Crippen LogP contribution in [0.1, 0.15) is 33.4 Å². The van der Waals surface area contributed by atoms with Crippen LogP contribution < -0.4 is 4.74 Å². The van der Waals surface area contributed by atoms with Crippen LogP contribution in [0.2, 0.25) is 0 Å². The van der Waals surface area contributed by atoms with Gasteiger partial charge in [-0.25, -0.2) is 0 Å². The first kappa shape index (κ1) is 14.9. The smallest absolute Gasteiger partial charge is 0.142 e. The minimum absolute atomic E-state index is 0.400. The Morgan fingerprint density at radius 3 is 2.45 bits per heavy atom. The van der Waals surface area contributed by atoms with Crippen LogP contribution in [-0.4, -0.2) is 16.7 Å². The van der Waals surface area contributed by atoms with E-state index in [0.717, 1.165) is 23.4 Å². The van der Waals surface area contributed by atoms with Crippen molar-refractivity contribution in [1.82, 2.24) is 4.90 Å². The molecule has 0 radical (unpaired) electrons. The van der Waals surface area contributed by atoms with Crippen molar-refractivity contribution in [3.05, 3.63) is 57.6 Å². The van der Waals surface area contributed by atoms with Crippen molar-refractivity contribution < 1.29 is 9.84 Å². The molecular formula is C19H23NO2. The van der Waals surface area contributed by atoms with Crippen LogP contribution in [-0.2, 0) is 13.1 Å². The number of nitrogens with zero attached hydrogens (tertiary/aromatic N) is 1. The van der Waals surface area contributed by atoms with Crippen LogP contribution in [0.25, 0.3) is 0 Å². The van der Waals surface area contributed by atoms with Gasteiger partial charge in [0.25, 0.3) is 0 Å². The summed E-state index contributed by atoms with van der Waals surface area (Å²) in [6.07, 6.45) is 0. The van der Waals surface area contributed by atoms with Gasteiger partial charge in [-0.3, -0.25) is 4.90 Å². The van der Waals surface area contributed by atoms with Crippen molar-refractivity contribution in [2.75, 3.05) is 6.73 Å². The van der Waals surface area contributed by atoms with Gasteiger partial charge in [0.05, 0.1) is 0 Å². The highest BCUT2D eigenvalue weighted by Crippen LogP contribution is 2.32. The Hall–Kier alpha value is -2.00. The van der Waals surface area contributed by atoms with Crippen molar-refractivity contribution in [3.8, 4) is 11.5 Å². The molecule has 1 heterocycles. The third kappa shape index (κ3) is 2.81. The molecule has 0 aromatic heterocycles. The fraction of sp³-hybridized carbons (Fsp3) is 0.368. The number of fused-ring (bicyclic) bond motifs is 1. The highest BCUT2D eigenvalue weighted by atomic mass is 16.5. The summed E-state index contributed by atoms with van der Waals surface area (Å²) in [6, 6.07) is 8.41. The third-order valence-electron chi connectivity index (χ3n) is 4.20. The zero-order valence-electron chi connectivity index (χ0n) is 13.7. The van der Waals surface area contributed by atoms with Crippen LogP contribution in [0.5, 0.6) is 11.5 Å². The molecule has 0 aliphatic carbocycles. The lowest BCUT2D eigenvalue weighted by Crippen LogP contribution is -2.32. The molecule has 3 rings (SSSR count). The van der Waals surface area contributed by atoms with E-state index in [2.05, 4.69) is 43.9 Å². The van der Waals surface area contributed by atoms with Crippen LogP contribution in [0.15, 0.2) is 24.3 Å². The molecule has 3 heteroatoms. The van der Waals surface area contributed by atoms with Gasteiger partial charge in [0.1, 0.15) is 18.2 Å². The number of ether oxygens (including phenoxy) is 1. The molecule has 2 aromatic rings. The standard InChI is InChI=1S/C19H23NO2/c1-12-5-14(3)18(21)16(7-12)9-20-10-17-8-13(2)6-15(4)19(17)22-11-20/h5-8,21H,9-11H2,1-4H3. The zero-order chi connectivity index (χ0) is 15.9. The maximum atomic E-state index is 10.3. The molecule has 1 N–H and O–H groups in total. The van der Waals surface area contributed by atoms with Gasteiger partial charge in [-0.2, -0.15) is 0 Å². The van der Waals surface area contributed by atoms with Gasteiger partial charge in [0.15, 0.2) is 0 Å². The summed E-state index contributed by atoms with van der Waals surface area (Å²) in [5.41, 5.74) is 6.76. The summed E-state index contributed by atoms with van der Waals surface area (Å²) in [7, 11) is 0. The van der Waals surface area contributed by atoms with Crippen molar-refractivity contribution in [2.45, 2.75) is 40.8 Å². The van der Waals surface area contributed by atoms with Gasteiger partial charge in [0.2, 0.25) is 0 Å². The normalized spacial score (nSPS) is 14.5. The van der Waals surface area contributed by atoms with Crippen molar-refractivity contribution in [1.29, 1.82) is 0 Å². The third-order valence-corrected chi connectivity index (χ3v) is 4.20. The van der Waals surface area contributed by atoms with Crippen LogP contribution in [0, 0.1) is 27.7 Å². The van der Waals surface area contributed by atoms with E-state index < -0.39 is 0 Å². The van der Waals surface area contributed by atoms with Crippen molar-refractivity contribution >= 4 is 0 Å². The lowest BCUT2D eigenvalue weighted by Gasteiger charge is -2.30. The van der Waals surface area contributed by atoms with Gasteiger partial charge < -0.3 is 9.84 Å². The Kier molecular flexibility index (Phi) is 3.83. The molecule has 22 heavy (non-hydrogen) atoms. The second-order valence-corrected chi connectivity index (χ2v) is 6.42. The van der Waals surface area contributed by atoms with Gasteiger partial charge in [-0.1, -0.05) is 35.4 Å². The number of rotatable bonds is 2. The first-order valence-electron chi connectivity index (χ1n) is 7.68. The van der Waals surface area contributed by atoms with Crippen LogP contribution >= 0.6 is 0 Å². The number of hydrogen-bond donors (Lipinski definition) is 1. The highest BCUT2D eigenvalue weighted by molar-refractivity contribution is 5.45. The number of benzene rings is 2. The number of phenolic OH excluding ortho intramolecular Hbond substituents is 1. The molecule has 116 valence electrons. The van der Waals surface area contributed by atoms with E-state index in [1.807, 2.05) is 13.0 Å². The van der Waals surface area contributed by atoms with Gasteiger partial charge in [-0.05, 0) is 38.8 Å².